The van der Waals surface area contributed by atoms with Gasteiger partial charge < -0.3 is 10.7 Å². The van der Waals surface area contributed by atoms with E-state index >= 15 is 0 Å². The van der Waals surface area contributed by atoms with Gasteiger partial charge in [-0.25, -0.2) is 9.37 Å². The summed E-state index contributed by atoms with van der Waals surface area (Å²) in [6.45, 7) is 0. The predicted molar refractivity (Wildman–Crippen MR) is 81.5 cm³/mol. The normalized spacial score (nSPS) is 12.3. The largest absolute Gasteiger partial charge is 0.340 e. The smallest absolute Gasteiger partial charge is 0.128 e. The Morgan fingerprint density at radius 2 is 1.90 bits per heavy atom. The maximum atomic E-state index is 13.1. The molecule has 0 saturated heterocycles. The van der Waals surface area contributed by atoms with E-state index in [0.29, 0.717) is 22.1 Å². The Hall–Kier alpha value is -2.17. The van der Waals surface area contributed by atoms with E-state index in [2.05, 4.69) is 9.97 Å². The van der Waals surface area contributed by atoms with Crippen molar-refractivity contribution in [1.29, 1.82) is 0 Å². The zero-order valence-corrected chi connectivity index (χ0v) is 11.8. The average molecular weight is 302 g/mol. The molecule has 21 heavy (non-hydrogen) atoms. The fraction of sp³-hybridized carbons (Fsp3) is 0.0625. The van der Waals surface area contributed by atoms with E-state index in [9.17, 15) is 4.39 Å². The van der Waals surface area contributed by atoms with Crippen molar-refractivity contribution in [2.45, 2.75) is 6.04 Å². The Bertz CT molecular complexity index is 755. The molecule has 2 aromatic carbocycles. The Morgan fingerprint density at radius 3 is 2.62 bits per heavy atom. The molecule has 0 aliphatic rings. The van der Waals surface area contributed by atoms with Crippen LogP contribution < -0.4 is 5.73 Å². The van der Waals surface area contributed by atoms with E-state index in [1.54, 1.807) is 12.3 Å². The fourth-order valence-electron chi connectivity index (χ4n) is 2.16. The molecule has 0 saturated carbocycles. The molecule has 3 aromatic rings. The van der Waals surface area contributed by atoms with Crippen molar-refractivity contribution in [3.05, 3.63) is 77.0 Å². The van der Waals surface area contributed by atoms with Crippen LogP contribution in [0.5, 0.6) is 0 Å². The molecule has 0 spiro atoms. The standard InChI is InChI=1S/C16H13ClFN3/c17-13-8-11(18)6-7-12(13)14-9-20-16(21-14)15(19)10-4-2-1-3-5-10/h1-9,15H,19H2,(H,20,21). The first-order valence-electron chi connectivity index (χ1n) is 6.46. The van der Waals surface area contributed by atoms with Gasteiger partial charge in [-0.15, -0.1) is 0 Å². The van der Waals surface area contributed by atoms with Crippen LogP contribution in [-0.4, -0.2) is 9.97 Å². The van der Waals surface area contributed by atoms with E-state index in [1.165, 1.54) is 12.1 Å². The molecule has 0 radical (unpaired) electrons. The summed E-state index contributed by atoms with van der Waals surface area (Å²) in [6.07, 6.45) is 1.65. The highest BCUT2D eigenvalue weighted by molar-refractivity contribution is 6.33. The molecule has 1 aromatic heterocycles. The summed E-state index contributed by atoms with van der Waals surface area (Å²) in [5.74, 6) is 0.265. The second-order valence-electron chi connectivity index (χ2n) is 4.69. The van der Waals surface area contributed by atoms with Crippen molar-refractivity contribution >= 4 is 11.6 Å². The minimum Gasteiger partial charge on any atom is -0.340 e. The lowest BCUT2D eigenvalue weighted by Crippen LogP contribution is -2.13. The number of nitrogens with zero attached hydrogens (tertiary/aromatic N) is 1. The van der Waals surface area contributed by atoms with Crippen LogP contribution in [0.2, 0.25) is 5.02 Å². The van der Waals surface area contributed by atoms with Gasteiger partial charge in [0.1, 0.15) is 11.6 Å². The topological polar surface area (TPSA) is 54.7 Å². The quantitative estimate of drug-likeness (QED) is 0.770. The number of nitrogens with one attached hydrogen (secondary N) is 1. The third-order valence-electron chi connectivity index (χ3n) is 3.27. The van der Waals surface area contributed by atoms with Gasteiger partial charge in [-0.1, -0.05) is 41.9 Å². The third-order valence-corrected chi connectivity index (χ3v) is 3.58. The van der Waals surface area contributed by atoms with Gasteiger partial charge >= 0.3 is 0 Å². The van der Waals surface area contributed by atoms with Gasteiger partial charge in [0.2, 0.25) is 0 Å². The molecule has 3 rings (SSSR count). The molecule has 0 aliphatic carbocycles. The zero-order chi connectivity index (χ0) is 14.8. The molecule has 1 unspecified atom stereocenters. The van der Waals surface area contributed by atoms with E-state index < -0.39 is 0 Å². The summed E-state index contributed by atoms with van der Waals surface area (Å²) >= 11 is 6.05. The van der Waals surface area contributed by atoms with Crippen molar-refractivity contribution in [2.24, 2.45) is 5.73 Å². The first-order valence-corrected chi connectivity index (χ1v) is 6.84. The zero-order valence-electron chi connectivity index (χ0n) is 11.1. The summed E-state index contributed by atoms with van der Waals surface area (Å²) in [5, 5.41) is 0.332. The molecule has 106 valence electrons. The lowest BCUT2D eigenvalue weighted by atomic mass is 10.1. The number of nitrogens with two attached hydrogens (primary N) is 1. The molecular weight excluding hydrogens is 289 g/mol. The second kappa shape index (κ2) is 5.68. The lowest BCUT2D eigenvalue weighted by molar-refractivity contribution is 0.628. The van der Waals surface area contributed by atoms with Crippen molar-refractivity contribution < 1.29 is 4.39 Å². The molecule has 0 fully saturated rings. The van der Waals surface area contributed by atoms with Crippen LogP contribution >= 0.6 is 11.6 Å². The number of benzene rings is 2. The minimum absolute atomic E-state index is 0.332. The highest BCUT2D eigenvalue weighted by Gasteiger charge is 2.14. The predicted octanol–water partition coefficient (Wildman–Crippen LogP) is 3.92. The number of imidazole rings is 1. The van der Waals surface area contributed by atoms with Crippen LogP contribution in [0, 0.1) is 5.82 Å². The van der Waals surface area contributed by atoms with Crippen LogP contribution in [0.3, 0.4) is 0 Å². The molecule has 5 heteroatoms. The third kappa shape index (κ3) is 2.82. The molecule has 0 bridgehead atoms. The van der Waals surface area contributed by atoms with Crippen LogP contribution in [0.4, 0.5) is 4.39 Å². The van der Waals surface area contributed by atoms with Gasteiger partial charge in [0.05, 0.1) is 23.0 Å². The van der Waals surface area contributed by atoms with Gasteiger partial charge in [0.25, 0.3) is 0 Å². The molecular formula is C16H13ClFN3. The van der Waals surface area contributed by atoms with Gasteiger partial charge in [-0.2, -0.15) is 0 Å². The molecule has 0 amide bonds. The van der Waals surface area contributed by atoms with Gasteiger partial charge in [-0.05, 0) is 23.8 Å². The Balaban J connectivity index is 1.93. The Labute approximate surface area is 126 Å². The highest BCUT2D eigenvalue weighted by Crippen LogP contribution is 2.28. The van der Waals surface area contributed by atoms with Crippen molar-refractivity contribution in [1.82, 2.24) is 9.97 Å². The number of hydrogen-bond acceptors (Lipinski definition) is 2. The summed E-state index contributed by atoms with van der Waals surface area (Å²) in [7, 11) is 0. The van der Waals surface area contributed by atoms with E-state index in [0.717, 1.165) is 5.56 Å². The molecule has 1 atom stereocenters. The molecule has 3 N–H and O–H groups in total. The number of hydrogen-bond donors (Lipinski definition) is 2. The maximum absolute atomic E-state index is 13.1. The van der Waals surface area contributed by atoms with Crippen LogP contribution in [-0.2, 0) is 0 Å². The number of halogens is 2. The highest BCUT2D eigenvalue weighted by atomic mass is 35.5. The first-order chi connectivity index (χ1) is 10.1. The first kappa shape index (κ1) is 13.8. The maximum Gasteiger partial charge on any atom is 0.128 e. The summed E-state index contributed by atoms with van der Waals surface area (Å²) in [4.78, 5) is 7.44. The van der Waals surface area contributed by atoms with E-state index in [1.807, 2.05) is 30.3 Å². The molecule has 1 heterocycles. The van der Waals surface area contributed by atoms with E-state index in [-0.39, 0.29) is 11.9 Å². The Kier molecular flexibility index (Phi) is 3.73. The number of rotatable bonds is 3. The summed E-state index contributed by atoms with van der Waals surface area (Å²) in [5.41, 5.74) is 8.55. The minimum atomic E-state index is -0.371. The van der Waals surface area contributed by atoms with Crippen LogP contribution in [0.1, 0.15) is 17.4 Å². The molecule has 3 nitrogen and oxygen atoms in total. The van der Waals surface area contributed by atoms with Crippen molar-refractivity contribution in [2.75, 3.05) is 0 Å². The number of H-pyrrole nitrogens is 1. The molecule has 0 aliphatic heterocycles. The monoisotopic (exact) mass is 301 g/mol. The number of aromatic amines is 1. The van der Waals surface area contributed by atoms with Crippen molar-refractivity contribution in [3.63, 3.8) is 0 Å². The van der Waals surface area contributed by atoms with Gasteiger partial charge in [-0.3, -0.25) is 0 Å². The fourth-order valence-corrected chi connectivity index (χ4v) is 2.43. The average Bonchev–Trinajstić information content (AvgIpc) is 2.97. The van der Waals surface area contributed by atoms with Crippen molar-refractivity contribution in [3.8, 4) is 11.3 Å². The van der Waals surface area contributed by atoms with E-state index in [4.69, 9.17) is 17.3 Å². The van der Waals surface area contributed by atoms with Crippen LogP contribution in [0.25, 0.3) is 11.3 Å². The SMILES string of the molecule is NC(c1ccccc1)c1ncc(-c2ccc(F)cc2Cl)[nH]1. The second-order valence-corrected chi connectivity index (χ2v) is 5.10. The summed E-state index contributed by atoms with van der Waals surface area (Å²) < 4.78 is 13.1. The Morgan fingerprint density at radius 1 is 1.14 bits per heavy atom. The van der Waals surface area contributed by atoms with Gasteiger partial charge in [0.15, 0.2) is 0 Å². The van der Waals surface area contributed by atoms with Gasteiger partial charge in [0, 0.05) is 5.56 Å². The van der Waals surface area contributed by atoms with Crippen LogP contribution in [0.15, 0.2) is 54.7 Å². The summed E-state index contributed by atoms with van der Waals surface area (Å²) in [6, 6.07) is 13.6. The number of aromatic nitrogens is 2. The lowest BCUT2D eigenvalue weighted by Gasteiger charge is -2.08.